The fourth-order valence-electron chi connectivity index (χ4n) is 0.606. The van der Waals surface area contributed by atoms with Gasteiger partial charge in [-0.1, -0.05) is 12.5 Å². The van der Waals surface area contributed by atoms with E-state index in [0.717, 1.165) is 0 Å². The van der Waals surface area contributed by atoms with Crippen LogP contribution in [0.5, 0.6) is 0 Å². The van der Waals surface area contributed by atoms with Gasteiger partial charge >= 0.3 is 0 Å². The van der Waals surface area contributed by atoms with E-state index in [1.165, 1.54) is 6.08 Å². The topological polar surface area (TPSA) is 30.2 Å². The third-order valence-corrected chi connectivity index (χ3v) is 1.04. The molecule has 0 fully saturated rings. The van der Waals surface area contributed by atoms with E-state index in [4.69, 9.17) is 4.42 Å². The molecule has 1 heterocycles. The lowest BCUT2D eigenvalue weighted by Crippen LogP contribution is -1.68. The van der Waals surface area contributed by atoms with Gasteiger partial charge in [-0.05, 0) is 24.1 Å². The molecule has 0 N–H and O–H groups in total. The van der Waals surface area contributed by atoms with Crippen LogP contribution in [0.4, 0.5) is 0 Å². The van der Waals surface area contributed by atoms with Crippen molar-refractivity contribution in [3.05, 3.63) is 36.3 Å². The Morgan fingerprint density at radius 2 is 2.36 bits per heavy atom. The van der Waals surface area contributed by atoms with Crippen molar-refractivity contribution in [2.45, 2.75) is 0 Å². The fraction of sp³-hybridized carbons (Fsp3) is 0. The first-order chi connectivity index (χ1) is 5.36. The second kappa shape index (κ2) is 3.43. The molecule has 0 atom stereocenters. The second-order valence-electron chi connectivity index (χ2n) is 1.79. The molecule has 0 aliphatic rings. The predicted octanol–water partition coefficient (Wildman–Crippen LogP) is 1.63. The number of rotatable bonds is 1. The Morgan fingerprint density at radius 1 is 1.55 bits per heavy atom. The highest BCUT2D eigenvalue weighted by atomic mass is 16.3. The summed E-state index contributed by atoms with van der Waals surface area (Å²) in [6, 6.07) is 3.21. The second-order valence-corrected chi connectivity index (χ2v) is 1.79. The van der Waals surface area contributed by atoms with Gasteiger partial charge in [0.05, 0.1) is 0 Å². The number of hydrogen-bond acceptors (Lipinski definition) is 2. The summed E-state index contributed by atoms with van der Waals surface area (Å²) in [4.78, 5) is 10.1. The van der Waals surface area contributed by atoms with Crippen LogP contribution in [0.15, 0.2) is 29.2 Å². The van der Waals surface area contributed by atoms with Gasteiger partial charge in [0.15, 0.2) is 17.8 Å². The molecule has 0 radical (unpaired) electrons. The summed E-state index contributed by atoms with van der Waals surface area (Å²) in [5.74, 6) is 6.03. The van der Waals surface area contributed by atoms with Gasteiger partial charge < -0.3 is 4.42 Å². The van der Waals surface area contributed by atoms with Crippen molar-refractivity contribution in [2.75, 3.05) is 0 Å². The van der Waals surface area contributed by atoms with Gasteiger partial charge in [-0.2, -0.15) is 0 Å². The van der Waals surface area contributed by atoms with Crippen molar-refractivity contribution in [3.63, 3.8) is 0 Å². The van der Waals surface area contributed by atoms with E-state index in [9.17, 15) is 4.79 Å². The molecule has 1 aromatic rings. The van der Waals surface area contributed by atoms with Crippen molar-refractivity contribution < 1.29 is 9.21 Å². The Kier molecular flexibility index (Phi) is 2.29. The zero-order chi connectivity index (χ0) is 8.10. The van der Waals surface area contributed by atoms with Crippen molar-refractivity contribution in [2.24, 2.45) is 0 Å². The largest absolute Gasteiger partial charge is 0.445 e. The molecule has 0 spiro atoms. The number of allylic oxidation sites excluding steroid dienone is 1. The Morgan fingerprint density at radius 3 is 2.91 bits per heavy atom. The van der Waals surface area contributed by atoms with E-state index in [2.05, 4.69) is 18.4 Å². The van der Waals surface area contributed by atoms with Crippen LogP contribution in [0.1, 0.15) is 16.3 Å². The fourth-order valence-corrected chi connectivity index (χ4v) is 0.606. The summed E-state index contributed by atoms with van der Waals surface area (Å²) in [5.41, 5.74) is 0. The third-order valence-electron chi connectivity index (χ3n) is 1.04. The molecule has 1 rings (SSSR count). The number of carbonyl (C=O) groups is 1. The number of furan rings is 1. The number of aldehydes is 1. The molecule has 0 saturated heterocycles. The molecule has 0 aliphatic heterocycles. The molecule has 0 unspecified atom stereocenters. The molecule has 0 saturated carbocycles. The monoisotopic (exact) mass is 146 g/mol. The molecule has 0 bridgehead atoms. The zero-order valence-electron chi connectivity index (χ0n) is 5.83. The minimum atomic E-state index is 0.290. The maximum atomic E-state index is 10.1. The Labute approximate surface area is 64.5 Å². The lowest BCUT2D eigenvalue weighted by atomic mass is 10.4. The highest BCUT2D eigenvalue weighted by Gasteiger charge is 1.94. The lowest BCUT2D eigenvalue weighted by molar-refractivity contribution is 0.110. The minimum absolute atomic E-state index is 0.290. The molecule has 2 heteroatoms. The van der Waals surface area contributed by atoms with Crippen LogP contribution in [0.2, 0.25) is 0 Å². The van der Waals surface area contributed by atoms with Gasteiger partial charge in [0.25, 0.3) is 0 Å². The Balaban J connectivity index is 2.88. The van der Waals surface area contributed by atoms with Gasteiger partial charge in [0.2, 0.25) is 0 Å². The van der Waals surface area contributed by atoms with Crippen LogP contribution in [0, 0.1) is 11.8 Å². The van der Waals surface area contributed by atoms with E-state index >= 15 is 0 Å². The average Bonchev–Trinajstić information content (AvgIpc) is 2.48. The number of hydrogen-bond donors (Lipinski definition) is 0. The van der Waals surface area contributed by atoms with Crippen molar-refractivity contribution in [1.29, 1.82) is 0 Å². The van der Waals surface area contributed by atoms with Crippen molar-refractivity contribution in [1.82, 2.24) is 0 Å². The third kappa shape index (κ3) is 1.84. The summed E-state index contributed by atoms with van der Waals surface area (Å²) in [5, 5.41) is 0. The van der Waals surface area contributed by atoms with E-state index in [-0.39, 0.29) is 0 Å². The normalized spacial score (nSPS) is 8.00. The van der Waals surface area contributed by atoms with Crippen LogP contribution in [-0.4, -0.2) is 6.29 Å². The number of carbonyl (C=O) groups excluding carboxylic acids is 1. The first kappa shape index (κ1) is 7.36. The van der Waals surface area contributed by atoms with E-state index in [1.807, 2.05) is 0 Å². The highest BCUT2D eigenvalue weighted by Crippen LogP contribution is 2.02. The predicted molar refractivity (Wildman–Crippen MR) is 41.2 cm³/mol. The van der Waals surface area contributed by atoms with E-state index < -0.39 is 0 Å². The molecule has 0 aliphatic carbocycles. The molecular formula is C9H6O2. The molecule has 11 heavy (non-hydrogen) atoms. The smallest absolute Gasteiger partial charge is 0.185 e. The van der Waals surface area contributed by atoms with Crippen LogP contribution in [-0.2, 0) is 0 Å². The Bertz CT molecular complexity index is 323. The highest BCUT2D eigenvalue weighted by molar-refractivity contribution is 5.70. The quantitative estimate of drug-likeness (QED) is 0.445. The average molecular weight is 146 g/mol. The van der Waals surface area contributed by atoms with Crippen LogP contribution >= 0.6 is 0 Å². The molecule has 2 nitrogen and oxygen atoms in total. The lowest BCUT2D eigenvalue weighted by Gasteiger charge is -1.76. The van der Waals surface area contributed by atoms with Gasteiger partial charge in [0, 0.05) is 0 Å². The minimum Gasteiger partial charge on any atom is -0.445 e. The van der Waals surface area contributed by atoms with Crippen LogP contribution in [0.3, 0.4) is 0 Å². The standard InChI is InChI=1S/C9H6O2/c1-2-3-4-8-5-6-9(7-10)11-8/h2,5-7H,1H2. The molecule has 0 amide bonds. The summed E-state index contributed by atoms with van der Waals surface area (Å²) < 4.78 is 4.95. The summed E-state index contributed by atoms with van der Waals surface area (Å²) in [6.45, 7) is 3.42. The zero-order valence-corrected chi connectivity index (χ0v) is 5.83. The van der Waals surface area contributed by atoms with E-state index in [0.29, 0.717) is 17.8 Å². The molecule has 0 aromatic carbocycles. The first-order valence-corrected chi connectivity index (χ1v) is 3.04. The van der Waals surface area contributed by atoms with Crippen molar-refractivity contribution in [3.8, 4) is 11.8 Å². The molecular weight excluding hydrogens is 140 g/mol. The summed E-state index contributed by atoms with van der Waals surface area (Å²) in [7, 11) is 0. The molecule has 54 valence electrons. The van der Waals surface area contributed by atoms with Crippen molar-refractivity contribution >= 4 is 6.29 Å². The van der Waals surface area contributed by atoms with Crippen LogP contribution in [0.25, 0.3) is 0 Å². The SMILES string of the molecule is C=CC#Cc1ccc(C=O)o1. The maximum Gasteiger partial charge on any atom is 0.185 e. The van der Waals surface area contributed by atoms with E-state index in [1.54, 1.807) is 12.1 Å². The first-order valence-electron chi connectivity index (χ1n) is 3.04. The van der Waals surface area contributed by atoms with Gasteiger partial charge in [0.1, 0.15) is 0 Å². The summed E-state index contributed by atoms with van der Waals surface area (Å²) in [6.07, 6.45) is 2.10. The maximum absolute atomic E-state index is 10.1. The van der Waals surface area contributed by atoms with Gasteiger partial charge in [-0.25, -0.2) is 0 Å². The summed E-state index contributed by atoms with van der Waals surface area (Å²) >= 11 is 0. The van der Waals surface area contributed by atoms with Gasteiger partial charge in [-0.15, -0.1) is 0 Å². The molecule has 1 aromatic heterocycles. The van der Waals surface area contributed by atoms with Gasteiger partial charge in [-0.3, -0.25) is 4.79 Å². The Hall–Kier alpha value is -1.75. The van der Waals surface area contributed by atoms with Crippen LogP contribution < -0.4 is 0 Å².